The highest BCUT2D eigenvalue weighted by Gasteiger charge is 2.10. The Bertz CT molecular complexity index is 314. The Balaban J connectivity index is 2.88. The Hall–Kier alpha value is -1.73. The van der Waals surface area contributed by atoms with Crippen molar-refractivity contribution >= 4 is 11.8 Å². The molecule has 0 unspecified atom stereocenters. The van der Waals surface area contributed by atoms with E-state index in [-0.39, 0.29) is 5.82 Å². The predicted molar refractivity (Wildman–Crippen MR) is 46.2 cm³/mol. The molecule has 0 aliphatic heterocycles. The van der Waals surface area contributed by atoms with Crippen LogP contribution in [0, 0.1) is 6.92 Å². The molecule has 0 radical (unpaired) electrons. The lowest BCUT2D eigenvalue weighted by atomic mass is 10.4. The largest absolute Gasteiger partial charge is 0.351 e. The molecule has 0 saturated heterocycles. The summed E-state index contributed by atoms with van der Waals surface area (Å²) in [5.41, 5.74) is 2.60. The lowest BCUT2D eigenvalue weighted by molar-refractivity contribution is 0.246. The molecule has 0 aliphatic rings. The molecular weight excluding hydrogens is 172 g/mol. The zero-order chi connectivity index (χ0) is 9.84. The number of aryl methyl sites for hydroxylation is 1. The number of amides is 2. The van der Waals surface area contributed by atoms with Gasteiger partial charge in [-0.05, 0) is 6.92 Å². The van der Waals surface area contributed by atoms with Gasteiger partial charge in [-0.25, -0.2) is 31.5 Å². The fourth-order valence-corrected chi connectivity index (χ4v) is 0.746. The van der Waals surface area contributed by atoms with E-state index in [2.05, 4.69) is 9.97 Å². The second-order valence-electron chi connectivity index (χ2n) is 2.34. The fraction of sp³-hybridized carbons (Fsp3) is 0.167. The summed E-state index contributed by atoms with van der Waals surface area (Å²) < 4.78 is 0. The zero-order valence-corrected chi connectivity index (χ0v) is 7.06. The number of aromatic nitrogens is 2. The van der Waals surface area contributed by atoms with Gasteiger partial charge in [-0.2, -0.15) is 0 Å². The average Bonchev–Trinajstić information content (AvgIpc) is 2.15. The fourth-order valence-electron chi connectivity index (χ4n) is 0.746. The number of hydrogen-bond acceptors (Lipinski definition) is 5. The monoisotopic (exact) mass is 182 g/mol. The molecule has 0 atom stereocenters. The van der Waals surface area contributed by atoms with Gasteiger partial charge in [0.2, 0.25) is 0 Å². The van der Waals surface area contributed by atoms with Crippen LogP contribution < -0.4 is 22.1 Å². The maximum absolute atomic E-state index is 10.9. The summed E-state index contributed by atoms with van der Waals surface area (Å²) in [5.74, 6) is 10.5. The summed E-state index contributed by atoms with van der Waals surface area (Å²) >= 11 is 0. The lowest BCUT2D eigenvalue weighted by Crippen LogP contribution is -2.48. The van der Waals surface area contributed by atoms with Crippen LogP contribution in [0.5, 0.6) is 0 Å². The maximum atomic E-state index is 10.9. The van der Waals surface area contributed by atoms with Gasteiger partial charge in [-0.1, -0.05) is 0 Å². The van der Waals surface area contributed by atoms with Crippen LogP contribution in [0.15, 0.2) is 12.4 Å². The first-order chi connectivity index (χ1) is 6.15. The van der Waals surface area contributed by atoms with E-state index >= 15 is 0 Å². The topological polar surface area (TPSA) is 110 Å². The Kier molecular flexibility index (Phi) is 2.72. The Labute approximate surface area is 74.7 Å². The summed E-state index contributed by atoms with van der Waals surface area (Å²) in [5, 5.41) is 0.800. The third-order valence-electron chi connectivity index (χ3n) is 1.38. The molecule has 5 N–H and O–H groups in total. The predicted octanol–water partition coefficient (Wildman–Crippen LogP) is -0.952. The molecule has 0 aromatic carbocycles. The van der Waals surface area contributed by atoms with E-state index in [9.17, 15) is 4.79 Å². The van der Waals surface area contributed by atoms with Gasteiger partial charge in [0, 0.05) is 11.8 Å². The summed E-state index contributed by atoms with van der Waals surface area (Å²) in [6.07, 6.45) is 1.31. The highest BCUT2D eigenvalue weighted by Crippen LogP contribution is 2.05. The standard InChI is InChI=1S/C6H10N6O/c1-4-2-5(10-3-9-4)12(8)6(13)11-7/h2-3H,7-8H2,1H3,(H,11,13). The highest BCUT2D eigenvalue weighted by molar-refractivity contribution is 5.89. The maximum Gasteiger partial charge on any atom is 0.351 e. The third-order valence-corrected chi connectivity index (χ3v) is 1.38. The van der Waals surface area contributed by atoms with Crippen molar-refractivity contribution in [3.63, 3.8) is 0 Å². The van der Waals surface area contributed by atoms with Crippen LogP contribution in [0.25, 0.3) is 0 Å². The van der Waals surface area contributed by atoms with Gasteiger partial charge >= 0.3 is 6.03 Å². The van der Waals surface area contributed by atoms with Gasteiger partial charge < -0.3 is 0 Å². The molecule has 1 heterocycles. The summed E-state index contributed by atoms with van der Waals surface area (Å²) in [7, 11) is 0. The van der Waals surface area contributed by atoms with Crippen molar-refractivity contribution in [1.29, 1.82) is 0 Å². The van der Waals surface area contributed by atoms with Gasteiger partial charge in [0.1, 0.15) is 6.33 Å². The molecule has 2 amide bonds. The lowest BCUT2D eigenvalue weighted by Gasteiger charge is -2.13. The van der Waals surface area contributed by atoms with Crippen molar-refractivity contribution < 1.29 is 4.79 Å². The third kappa shape index (κ3) is 2.10. The number of anilines is 1. The number of hydrazine groups is 2. The van der Waals surface area contributed by atoms with Gasteiger partial charge in [0.05, 0.1) is 0 Å². The molecule has 0 aliphatic carbocycles. The molecule has 7 heteroatoms. The van der Waals surface area contributed by atoms with Crippen LogP contribution in [0.2, 0.25) is 0 Å². The van der Waals surface area contributed by atoms with Crippen molar-refractivity contribution in [2.45, 2.75) is 6.92 Å². The van der Waals surface area contributed by atoms with Gasteiger partial charge in [-0.3, -0.25) is 5.43 Å². The van der Waals surface area contributed by atoms with E-state index in [0.29, 0.717) is 5.69 Å². The van der Waals surface area contributed by atoms with Gasteiger partial charge in [0.15, 0.2) is 5.82 Å². The van der Waals surface area contributed by atoms with E-state index in [1.165, 1.54) is 6.33 Å². The van der Waals surface area contributed by atoms with Crippen molar-refractivity contribution in [3.05, 3.63) is 18.1 Å². The number of rotatable bonds is 1. The van der Waals surface area contributed by atoms with Gasteiger partial charge in [-0.15, -0.1) is 0 Å². The summed E-state index contributed by atoms with van der Waals surface area (Å²) in [4.78, 5) is 18.6. The highest BCUT2D eigenvalue weighted by atomic mass is 16.2. The number of nitrogens with one attached hydrogen (secondary N) is 1. The average molecular weight is 182 g/mol. The zero-order valence-electron chi connectivity index (χ0n) is 7.06. The molecular formula is C6H10N6O. The van der Waals surface area contributed by atoms with Crippen LogP contribution in [0.1, 0.15) is 5.69 Å². The Morgan fingerprint density at radius 2 is 2.31 bits per heavy atom. The normalized spacial score (nSPS) is 9.46. The minimum atomic E-state index is -0.641. The van der Waals surface area contributed by atoms with Crippen LogP contribution >= 0.6 is 0 Å². The minimum absolute atomic E-state index is 0.287. The van der Waals surface area contributed by atoms with E-state index in [1.54, 1.807) is 13.0 Å². The first-order valence-corrected chi connectivity index (χ1v) is 3.49. The van der Waals surface area contributed by atoms with E-state index in [0.717, 1.165) is 5.01 Å². The number of hydrogen-bond donors (Lipinski definition) is 3. The summed E-state index contributed by atoms with van der Waals surface area (Å²) in [6.45, 7) is 1.76. The number of carbonyl (C=O) groups excluding carboxylic acids is 1. The number of urea groups is 1. The van der Waals surface area contributed by atoms with Crippen molar-refractivity contribution in [2.75, 3.05) is 5.01 Å². The van der Waals surface area contributed by atoms with Crippen LogP contribution in [0.3, 0.4) is 0 Å². The molecule has 1 aromatic heterocycles. The van der Waals surface area contributed by atoms with Crippen LogP contribution in [0.4, 0.5) is 10.6 Å². The quantitative estimate of drug-likeness (QED) is 0.294. The van der Waals surface area contributed by atoms with Crippen molar-refractivity contribution in [2.24, 2.45) is 11.7 Å². The molecule has 7 nitrogen and oxygen atoms in total. The first-order valence-electron chi connectivity index (χ1n) is 3.49. The molecule has 0 spiro atoms. The van der Waals surface area contributed by atoms with E-state index in [1.807, 2.05) is 5.43 Å². The van der Waals surface area contributed by atoms with Gasteiger partial charge in [0.25, 0.3) is 0 Å². The number of nitrogens with two attached hydrogens (primary N) is 2. The van der Waals surface area contributed by atoms with Crippen LogP contribution in [-0.2, 0) is 0 Å². The molecule has 1 aromatic rings. The molecule has 13 heavy (non-hydrogen) atoms. The second kappa shape index (κ2) is 3.78. The van der Waals surface area contributed by atoms with Crippen LogP contribution in [-0.4, -0.2) is 16.0 Å². The van der Waals surface area contributed by atoms with E-state index < -0.39 is 6.03 Å². The SMILES string of the molecule is Cc1cc(N(N)C(=O)NN)ncn1. The molecule has 0 saturated carbocycles. The van der Waals surface area contributed by atoms with E-state index in [4.69, 9.17) is 11.7 Å². The smallest absolute Gasteiger partial charge is 0.274 e. The Morgan fingerprint density at radius 1 is 1.62 bits per heavy atom. The molecule has 0 bridgehead atoms. The molecule has 70 valence electrons. The Morgan fingerprint density at radius 3 is 2.85 bits per heavy atom. The molecule has 1 rings (SSSR count). The minimum Gasteiger partial charge on any atom is -0.274 e. The first kappa shape index (κ1) is 9.36. The number of carbonyl (C=O) groups is 1. The van der Waals surface area contributed by atoms with Crippen molar-refractivity contribution in [1.82, 2.24) is 15.4 Å². The van der Waals surface area contributed by atoms with Crippen molar-refractivity contribution in [3.8, 4) is 0 Å². The molecule has 0 fully saturated rings. The number of nitrogens with zero attached hydrogens (tertiary/aromatic N) is 3. The second-order valence-corrected chi connectivity index (χ2v) is 2.34. The summed E-state index contributed by atoms with van der Waals surface area (Å²) in [6, 6.07) is 0.924.